The van der Waals surface area contributed by atoms with Crippen LogP contribution in [0.15, 0.2) is 0 Å². The van der Waals surface area contributed by atoms with E-state index in [-0.39, 0.29) is 25.7 Å². The molecule has 0 aromatic rings. The van der Waals surface area contributed by atoms with Gasteiger partial charge < -0.3 is 33.8 Å². The minimum absolute atomic E-state index is 0.107. The summed E-state index contributed by atoms with van der Waals surface area (Å²) < 4.78 is 68.8. The second kappa shape index (κ2) is 73.2. The number of hydrogen-bond acceptors (Lipinski definition) is 15. The number of aliphatic hydroxyl groups is 1. The molecule has 0 heterocycles. The quantitative estimate of drug-likeness (QED) is 0.0222. The van der Waals surface area contributed by atoms with E-state index in [1.807, 2.05) is 0 Å². The summed E-state index contributed by atoms with van der Waals surface area (Å²) in [4.78, 5) is 73.1. The summed E-state index contributed by atoms with van der Waals surface area (Å²) in [6, 6.07) is 0. The average molecular weight is 1490 g/mol. The van der Waals surface area contributed by atoms with E-state index in [1.54, 1.807) is 0 Å². The molecule has 19 heteroatoms. The highest BCUT2D eigenvalue weighted by Gasteiger charge is 2.30. The van der Waals surface area contributed by atoms with E-state index in [2.05, 4.69) is 48.5 Å². The molecule has 0 amide bonds. The van der Waals surface area contributed by atoms with E-state index in [1.165, 1.54) is 238 Å². The third kappa shape index (κ3) is 73.6. The molecule has 0 aliphatic heterocycles. The number of phosphoric ester groups is 2. The third-order valence-electron chi connectivity index (χ3n) is 20.1. The highest BCUT2D eigenvalue weighted by molar-refractivity contribution is 7.47. The molecular formula is C83H162O17P2. The summed E-state index contributed by atoms with van der Waals surface area (Å²) in [5.41, 5.74) is 0. The van der Waals surface area contributed by atoms with Crippen molar-refractivity contribution < 1.29 is 80.2 Å². The second-order valence-electron chi connectivity index (χ2n) is 30.8. The number of aliphatic hydroxyl groups excluding tert-OH is 1. The Labute approximate surface area is 626 Å². The van der Waals surface area contributed by atoms with Gasteiger partial charge in [-0.3, -0.25) is 37.3 Å². The number of ether oxygens (including phenoxy) is 4. The van der Waals surface area contributed by atoms with Gasteiger partial charge in [0.15, 0.2) is 12.2 Å². The first kappa shape index (κ1) is 100. The SMILES string of the molecule is CCCCCCCCCCCCCCCCCCCC(=O)O[C@H](COC(=O)CCCCCCCCC(C)C)COP(=O)(O)OC[C@H](O)COP(=O)(O)OC[C@@H](COC(=O)CCCCCCCCCCCCCCCCC(C)CC)OC(=O)CCCCCCCCCCCCCCCCC(C)CC. The molecule has 0 bridgehead atoms. The summed E-state index contributed by atoms with van der Waals surface area (Å²) in [7, 11) is -9.92. The van der Waals surface area contributed by atoms with Gasteiger partial charge in [-0.05, 0) is 43.4 Å². The summed E-state index contributed by atoms with van der Waals surface area (Å²) in [6.45, 7) is 12.0. The molecule has 3 N–H and O–H groups in total. The molecule has 606 valence electrons. The van der Waals surface area contributed by atoms with Crippen molar-refractivity contribution in [1.29, 1.82) is 0 Å². The van der Waals surface area contributed by atoms with E-state index < -0.39 is 97.5 Å². The lowest BCUT2D eigenvalue weighted by atomic mass is 9.99. The van der Waals surface area contributed by atoms with Gasteiger partial charge in [-0.1, -0.05) is 382 Å². The predicted molar refractivity (Wildman–Crippen MR) is 418 cm³/mol. The molecule has 0 spiro atoms. The first-order valence-corrected chi connectivity index (χ1v) is 45.9. The minimum atomic E-state index is -4.96. The predicted octanol–water partition coefficient (Wildman–Crippen LogP) is 24.9. The molecular weight excluding hydrogens is 1330 g/mol. The van der Waals surface area contributed by atoms with Gasteiger partial charge in [0.05, 0.1) is 26.4 Å². The Morgan fingerprint density at radius 3 is 0.745 bits per heavy atom. The highest BCUT2D eigenvalue weighted by atomic mass is 31.2. The molecule has 0 aliphatic rings. The molecule has 0 fully saturated rings. The Morgan fingerprint density at radius 1 is 0.284 bits per heavy atom. The van der Waals surface area contributed by atoms with Crippen molar-refractivity contribution in [3.63, 3.8) is 0 Å². The van der Waals surface area contributed by atoms with Crippen molar-refractivity contribution >= 4 is 39.5 Å². The molecule has 0 saturated carbocycles. The van der Waals surface area contributed by atoms with Gasteiger partial charge in [-0.15, -0.1) is 0 Å². The van der Waals surface area contributed by atoms with Crippen LogP contribution in [0.2, 0.25) is 0 Å². The van der Waals surface area contributed by atoms with E-state index in [0.29, 0.717) is 31.6 Å². The van der Waals surface area contributed by atoms with Crippen molar-refractivity contribution in [3.05, 3.63) is 0 Å². The number of unbranched alkanes of at least 4 members (excludes halogenated alkanes) is 47. The smallest absolute Gasteiger partial charge is 0.462 e. The van der Waals surface area contributed by atoms with Crippen molar-refractivity contribution in [3.8, 4) is 0 Å². The van der Waals surface area contributed by atoms with Crippen molar-refractivity contribution in [2.24, 2.45) is 17.8 Å². The lowest BCUT2D eigenvalue weighted by molar-refractivity contribution is -0.161. The van der Waals surface area contributed by atoms with E-state index in [0.717, 1.165) is 108 Å². The molecule has 4 unspecified atom stereocenters. The standard InChI is InChI=1S/C83H162O17P2/c1-8-11-12-13-14-15-16-17-18-19-20-28-33-38-43-52-59-67-83(88)100-79(71-94-81(86)65-58-51-46-45-47-54-61-74(4)5)73-98-102(91,92)96-69-77(84)68-95-101(89,90)97-72-78(99-82(87)66-60-53-44-39-34-29-24-22-26-31-36-41-49-56-63-76(7)10-3)70-93-80(85)64-57-50-42-37-32-27-23-21-25-30-35-40-48-55-62-75(6)9-2/h74-79,84H,8-73H2,1-7H3,(H,89,90)(H,91,92)/t75?,76?,77-,78-,79-/m1/s1. The van der Waals surface area contributed by atoms with Crippen LogP contribution < -0.4 is 0 Å². The normalized spacial score (nSPS) is 14.5. The van der Waals surface area contributed by atoms with Crippen LogP contribution in [0.3, 0.4) is 0 Å². The fourth-order valence-corrected chi connectivity index (χ4v) is 14.4. The lowest BCUT2D eigenvalue weighted by Gasteiger charge is -2.21. The summed E-state index contributed by atoms with van der Waals surface area (Å²) in [6.07, 6.45) is 62.5. The number of carbonyl (C=O) groups excluding carboxylic acids is 4. The summed E-state index contributed by atoms with van der Waals surface area (Å²) >= 11 is 0. The van der Waals surface area contributed by atoms with Crippen LogP contribution in [-0.4, -0.2) is 96.7 Å². The van der Waals surface area contributed by atoms with Crippen molar-refractivity contribution in [1.82, 2.24) is 0 Å². The van der Waals surface area contributed by atoms with Gasteiger partial charge in [-0.2, -0.15) is 0 Å². The Balaban J connectivity index is 5.23. The van der Waals surface area contributed by atoms with Gasteiger partial charge in [0.1, 0.15) is 19.3 Å². The first-order chi connectivity index (χ1) is 49.3. The number of rotatable bonds is 81. The molecule has 0 radical (unpaired) electrons. The van der Waals surface area contributed by atoms with E-state index >= 15 is 0 Å². The van der Waals surface area contributed by atoms with E-state index in [4.69, 9.17) is 37.0 Å². The van der Waals surface area contributed by atoms with Gasteiger partial charge in [-0.25, -0.2) is 9.13 Å². The van der Waals surface area contributed by atoms with Crippen LogP contribution in [0, 0.1) is 17.8 Å². The maximum Gasteiger partial charge on any atom is 0.472 e. The van der Waals surface area contributed by atoms with Crippen molar-refractivity contribution in [2.45, 2.75) is 452 Å². The van der Waals surface area contributed by atoms with Gasteiger partial charge in [0, 0.05) is 25.7 Å². The average Bonchev–Trinajstić information content (AvgIpc) is 0.987. The highest BCUT2D eigenvalue weighted by Crippen LogP contribution is 2.45. The maximum absolute atomic E-state index is 13.1. The van der Waals surface area contributed by atoms with E-state index in [9.17, 15) is 43.2 Å². The van der Waals surface area contributed by atoms with Crippen LogP contribution in [0.5, 0.6) is 0 Å². The topological polar surface area (TPSA) is 237 Å². The third-order valence-corrected chi connectivity index (χ3v) is 22.0. The molecule has 7 atom stereocenters. The molecule has 0 rings (SSSR count). The molecule has 0 aromatic carbocycles. The second-order valence-corrected chi connectivity index (χ2v) is 33.7. The summed E-state index contributed by atoms with van der Waals surface area (Å²) in [5, 5.41) is 10.7. The van der Waals surface area contributed by atoms with Crippen LogP contribution in [0.4, 0.5) is 0 Å². The Bertz CT molecular complexity index is 1980. The zero-order chi connectivity index (χ0) is 75.1. The Morgan fingerprint density at radius 2 is 0.500 bits per heavy atom. The first-order valence-electron chi connectivity index (χ1n) is 42.9. The number of esters is 4. The zero-order valence-electron chi connectivity index (χ0n) is 67.1. The lowest BCUT2D eigenvalue weighted by Crippen LogP contribution is -2.30. The summed E-state index contributed by atoms with van der Waals surface area (Å²) in [5.74, 6) is 0.266. The number of carbonyl (C=O) groups is 4. The van der Waals surface area contributed by atoms with Crippen LogP contribution in [0.25, 0.3) is 0 Å². The van der Waals surface area contributed by atoms with Crippen LogP contribution >= 0.6 is 15.6 Å². The fraction of sp³-hybridized carbons (Fsp3) is 0.952. The van der Waals surface area contributed by atoms with Gasteiger partial charge in [0.2, 0.25) is 0 Å². The van der Waals surface area contributed by atoms with Gasteiger partial charge >= 0.3 is 39.5 Å². The van der Waals surface area contributed by atoms with Gasteiger partial charge in [0.25, 0.3) is 0 Å². The fourth-order valence-electron chi connectivity index (χ4n) is 12.8. The minimum Gasteiger partial charge on any atom is -0.462 e. The number of hydrogen-bond donors (Lipinski definition) is 3. The zero-order valence-corrected chi connectivity index (χ0v) is 68.9. The molecule has 0 aliphatic carbocycles. The maximum atomic E-state index is 13.1. The number of phosphoric acid groups is 2. The molecule has 0 saturated heterocycles. The Kier molecular flexibility index (Phi) is 71.8. The van der Waals surface area contributed by atoms with Crippen molar-refractivity contribution in [2.75, 3.05) is 39.6 Å². The van der Waals surface area contributed by atoms with Crippen LogP contribution in [-0.2, 0) is 65.4 Å². The molecule has 102 heavy (non-hydrogen) atoms. The molecule has 0 aromatic heterocycles. The Hall–Kier alpha value is -1.94. The largest absolute Gasteiger partial charge is 0.472 e. The molecule has 17 nitrogen and oxygen atoms in total. The monoisotopic (exact) mass is 1490 g/mol. The van der Waals surface area contributed by atoms with Crippen LogP contribution in [0.1, 0.15) is 434 Å².